The molecule has 1 amide bonds. The van der Waals surface area contributed by atoms with Gasteiger partial charge in [-0.3, -0.25) is 9.69 Å². The van der Waals surface area contributed by atoms with Crippen molar-refractivity contribution in [2.24, 2.45) is 0 Å². The number of benzene rings is 2. The summed E-state index contributed by atoms with van der Waals surface area (Å²) < 4.78 is 5.79. The third-order valence-electron chi connectivity index (χ3n) is 4.24. The van der Waals surface area contributed by atoms with Gasteiger partial charge in [0.1, 0.15) is 0 Å². The zero-order chi connectivity index (χ0) is 20.8. The molecule has 0 unspecified atom stereocenters. The Kier molecular flexibility index (Phi) is 7.25. The highest BCUT2D eigenvalue weighted by molar-refractivity contribution is 6.36. The molecule has 0 saturated carbocycles. The molecule has 0 aliphatic carbocycles. The van der Waals surface area contributed by atoms with Gasteiger partial charge in [-0.2, -0.15) is 0 Å². The van der Waals surface area contributed by atoms with Crippen molar-refractivity contribution < 1.29 is 9.21 Å². The third-order valence-corrected chi connectivity index (χ3v) is 4.78. The normalized spacial score (nSPS) is 11.1. The summed E-state index contributed by atoms with van der Waals surface area (Å²) in [5.41, 5.74) is 2.55. The van der Waals surface area contributed by atoms with E-state index in [0.29, 0.717) is 40.6 Å². The van der Waals surface area contributed by atoms with Crippen LogP contribution in [0.1, 0.15) is 24.8 Å². The second kappa shape index (κ2) is 9.87. The fourth-order valence-corrected chi connectivity index (χ4v) is 3.29. The van der Waals surface area contributed by atoms with Gasteiger partial charge in [0.05, 0.1) is 23.8 Å². The van der Waals surface area contributed by atoms with Crippen molar-refractivity contribution in [3.63, 3.8) is 0 Å². The highest BCUT2D eigenvalue weighted by Crippen LogP contribution is 2.25. The average Bonchev–Trinajstić information content (AvgIpc) is 3.13. The average molecular weight is 433 g/mol. The number of carbonyl (C=O) groups excluding carboxylic acids is 1. The summed E-state index contributed by atoms with van der Waals surface area (Å²) in [6.07, 6.45) is 0.883. The van der Waals surface area contributed by atoms with E-state index in [4.69, 9.17) is 27.6 Å². The van der Waals surface area contributed by atoms with Crippen molar-refractivity contribution in [3.05, 3.63) is 64.0 Å². The van der Waals surface area contributed by atoms with Gasteiger partial charge in [-0.05, 0) is 50.2 Å². The van der Waals surface area contributed by atoms with E-state index in [1.165, 1.54) is 0 Å². The number of amides is 1. The van der Waals surface area contributed by atoms with Crippen LogP contribution in [0.4, 0.5) is 5.69 Å². The van der Waals surface area contributed by atoms with Gasteiger partial charge < -0.3 is 9.73 Å². The van der Waals surface area contributed by atoms with Gasteiger partial charge in [-0.15, -0.1) is 10.2 Å². The molecule has 1 N–H and O–H groups in total. The van der Waals surface area contributed by atoms with Gasteiger partial charge in [0.25, 0.3) is 0 Å². The lowest BCUT2D eigenvalue weighted by molar-refractivity contribution is -0.117. The van der Waals surface area contributed by atoms with Gasteiger partial charge in [-0.1, -0.05) is 47.8 Å². The second-order valence-electron chi connectivity index (χ2n) is 6.75. The number of nitrogens with one attached hydrogen (secondary N) is 1. The molecule has 1 aromatic heterocycles. The monoisotopic (exact) mass is 432 g/mol. The van der Waals surface area contributed by atoms with Crippen molar-refractivity contribution in [3.8, 4) is 11.5 Å². The maximum atomic E-state index is 12.5. The van der Waals surface area contributed by atoms with E-state index in [0.717, 1.165) is 17.5 Å². The van der Waals surface area contributed by atoms with E-state index < -0.39 is 0 Å². The van der Waals surface area contributed by atoms with Gasteiger partial charge in [-0.25, -0.2) is 0 Å². The first-order chi connectivity index (χ1) is 13.9. The summed E-state index contributed by atoms with van der Waals surface area (Å²) >= 11 is 12.0. The topological polar surface area (TPSA) is 71.3 Å². The summed E-state index contributed by atoms with van der Waals surface area (Å²) in [5, 5.41) is 12.0. The fraction of sp³-hybridized carbons (Fsp3) is 0.286. The summed E-state index contributed by atoms with van der Waals surface area (Å²) in [6.45, 7) is 5.34. The van der Waals surface area contributed by atoms with Crippen LogP contribution < -0.4 is 5.32 Å². The van der Waals surface area contributed by atoms with Crippen molar-refractivity contribution >= 4 is 34.8 Å². The van der Waals surface area contributed by atoms with E-state index in [2.05, 4.69) is 15.5 Å². The number of anilines is 1. The van der Waals surface area contributed by atoms with Crippen LogP contribution in [0.15, 0.2) is 46.9 Å². The molecule has 0 bridgehead atoms. The molecule has 1 heterocycles. The molecule has 0 fully saturated rings. The van der Waals surface area contributed by atoms with E-state index in [1.807, 2.05) is 43.0 Å². The van der Waals surface area contributed by atoms with Crippen molar-refractivity contribution in [2.75, 3.05) is 18.4 Å². The van der Waals surface area contributed by atoms with Crippen LogP contribution in [0.5, 0.6) is 0 Å². The van der Waals surface area contributed by atoms with Crippen LogP contribution in [0.25, 0.3) is 11.5 Å². The summed E-state index contributed by atoms with van der Waals surface area (Å²) in [6, 6.07) is 12.8. The fourth-order valence-electron chi connectivity index (χ4n) is 2.84. The Morgan fingerprint density at radius 3 is 2.59 bits per heavy atom. The van der Waals surface area contributed by atoms with Crippen LogP contribution >= 0.6 is 23.2 Å². The maximum absolute atomic E-state index is 12.5. The Balaban J connectivity index is 1.64. The number of hydrogen-bond donors (Lipinski definition) is 1. The van der Waals surface area contributed by atoms with Crippen LogP contribution in [-0.4, -0.2) is 34.1 Å². The number of aromatic nitrogens is 2. The van der Waals surface area contributed by atoms with Crippen molar-refractivity contribution in [1.29, 1.82) is 0 Å². The Labute approximate surface area is 179 Å². The van der Waals surface area contributed by atoms with E-state index in [-0.39, 0.29) is 12.5 Å². The molecule has 6 nitrogen and oxygen atoms in total. The molecule has 3 aromatic rings. The number of rotatable bonds is 8. The number of aryl methyl sites for hydroxylation is 1. The number of nitrogens with zero attached hydrogens (tertiary/aromatic N) is 3. The first-order valence-electron chi connectivity index (χ1n) is 9.31. The molecule has 0 atom stereocenters. The number of carbonyl (C=O) groups is 1. The molecule has 0 saturated heterocycles. The summed E-state index contributed by atoms with van der Waals surface area (Å²) in [7, 11) is 0. The lowest BCUT2D eigenvalue weighted by Gasteiger charge is -2.19. The molecule has 0 spiro atoms. The Morgan fingerprint density at radius 1 is 1.14 bits per heavy atom. The zero-order valence-electron chi connectivity index (χ0n) is 16.3. The first kappa shape index (κ1) is 21.3. The SMILES string of the molecule is CCCN(CC(=O)Nc1ccc(Cl)cc1Cl)Cc1nnc(-c2ccc(C)cc2)o1. The minimum atomic E-state index is -0.180. The van der Waals surface area contributed by atoms with E-state index >= 15 is 0 Å². The largest absolute Gasteiger partial charge is 0.419 e. The molecule has 0 aliphatic heterocycles. The van der Waals surface area contributed by atoms with Crippen LogP contribution in [-0.2, 0) is 11.3 Å². The number of halogens is 2. The highest BCUT2D eigenvalue weighted by atomic mass is 35.5. The molecular formula is C21H22Cl2N4O2. The van der Waals surface area contributed by atoms with Gasteiger partial charge in [0.2, 0.25) is 17.7 Å². The Hall–Kier alpha value is -2.41. The van der Waals surface area contributed by atoms with Crippen molar-refractivity contribution in [1.82, 2.24) is 15.1 Å². The molecule has 2 aromatic carbocycles. The standard InChI is InChI=1S/C21H22Cl2N4O2/c1-3-10-27(12-19(28)24-18-9-8-16(22)11-17(18)23)13-20-25-26-21(29-20)15-6-4-14(2)5-7-15/h4-9,11H,3,10,12-13H2,1-2H3,(H,24,28). The molecule has 152 valence electrons. The second-order valence-corrected chi connectivity index (χ2v) is 7.59. The molecule has 8 heteroatoms. The molecule has 3 rings (SSSR count). The lowest BCUT2D eigenvalue weighted by atomic mass is 10.1. The van der Waals surface area contributed by atoms with Crippen LogP contribution in [0, 0.1) is 6.92 Å². The minimum Gasteiger partial charge on any atom is -0.419 e. The maximum Gasteiger partial charge on any atom is 0.247 e. The molecule has 29 heavy (non-hydrogen) atoms. The van der Waals surface area contributed by atoms with Crippen molar-refractivity contribution in [2.45, 2.75) is 26.8 Å². The molecule has 0 aliphatic rings. The van der Waals surface area contributed by atoms with Crippen LogP contribution in [0.2, 0.25) is 10.0 Å². The van der Waals surface area contributed by atoms with E-state index in [9.17, 15) is 4.79 Å². The predicted molar refractivity (Wildman–Crippen MR) is 115 cm³/mol. The van der Waals surface area contributed by atoms with Crippen LogP contribution in [0.3, 0.4) is 0 Å². The number of hydrogen-bond acceptors (Lipinski definition) is 5. The Bertz CT molecular complexity index is 973. The van der Waals surface area contributed by atoms with Gasteiger partial charge in [0.15, 0.2) is 0 Å². The minimum absolute atomic E-state index is 0.176. The third kappa shape index (κ3) is 6.03. The molecular weight excluding hydrogens is 411 g/mol. The summed E-state index contributed by atoms with van der Waals surface area (Å²) in [5.74, 6) is 0.751. The first-order valence-corrected chi connectivity index (χ1v) is 10.1. The Morgan fingerprint density at radius 2 is 1.90 bits per heavy atom. The van der Waals surface area contributed by atoms with Gasteiger partial charge >= 0.3 is 0 Å². The van der Waals surface area contributed by atoms with E-state index in [1.54, 1.807) is 18.2 Å². The smallest absolute Gasteiger partial charge is 0.247 e. The quantitative estimate of drug-likeness (QED) is 0.529. The predicted octanol–water partition coefficient (Wildman–Crippen LogP) is 5.20. The molecule has 0 radical (unpaired) electrons. The summed E-state index contributed by atoms with van der Waals surface area (Å²) in [4.78, 5) is 14.4. The zero-order valence-corrected chi connectivity index (χ0v) is 17.8. The van der Waals surface area contributed by atoms with Gasteiger partial charge in [0, 0.05) is 10.6 Å². The highest BCUT2D eigenvalue weighted by Gasteiger charge is 2.16. The lowest BCUT2D eigenvalue weighted by Crippen LogP contribution is -2.33.